The molecule has 1 aliphatic rings. The van der Waals surface area contributed by atoms with Gasteiger partial charge in [0.25, 0.3) is 5.91 Å². The van der Waals surface area contributed by atoms with E-state index in [0.717, 1.165) is 10.8 Å². The van der Waals surface area contributed by atoms with E-state index in [2.05, 4.69) is 0 Å². The van der Waals surface area contributed by atoms with Crippen molar-refractivity contribution in [1.82, 2.24) is 8.84 Å². The van der Waals surface area contributed by atoms with E-state index in [1.54, 1.807) is 0 Å². The van der Waals surface area contributed by atoms with Gasteiger partial charge in [-0.25, -0.2) is 9.21 Å². The summed E-state index contributed by atoms with van der Waals surface area (Å²) in [5.41, 5.74) is 0. The van der Waals surface area contributed by atoms with E-state index >= 15 is 0 Å². The molecule has 1 aliphatic heterocycles. The van der Waals surface area contributed by atoms with Crippen LogP contribution in [0, 0.1) is 0 Å². The minimum Gasteiger partial charge on any atom is -0.271 e. The molecule has 0 aliphatic carbocycles. The Morgan fingerprint density at radius 3 is 2.33 bits per heavy atom. The van der Waals surface area contributed by atoms with Crippen molar-refractivity contribution in [3.63, 3.8) is 0 Å². The standard InChI is InChI=1S/C6H8Cl2N2O2/c1-2-3-4-5(11)10(8)6(12)9(4)7/h4H,2-3H2,1H3. The number of hydrogen-bond acceptors (Lipinski definition) is 2. The largest absolute Gasteiger partial charge is 0.357 e. The molecule has 3 amide bonds. The highest BCUT2D eigenvalue weighted by atomic mass is 35.5. The topological polar surface area (TPSA) is 40.6 Å². The number of amides is 3. The summed E-state index contributed by atoms with van der Waals surface area (Å²) in [6.45, 7) is 1.90. The second-order valence-corrected chi connectivity index (χ2v) is 3.22. The quantitative estimate of drug-likeness (QED) is 0.515. The monoisotopic (exact) mass is 210 g/mol. The van der Waals surface area contributed by atoms with E-state index in [1.807, 2.05) is 6.92 Å². The van der Waals surface area contributed by atoms with E-state index in [9.17, 15) is 9.59 Å². The first kappa shape index (κ1) is 9.61. The fourth-order valence-electron chi connectivity index (χ4n) is 1.05. The number of carbonyl (C=O) groups excluding carboxylic acids is 2. The Kier molecular flexibility index (Phi) is 2.80. The number of halogens is 2. The first-order valence-corrected chi connectivity index (χ1v) is 4.26. The van der Waals surface area contributed by atoms with E-state index in [-0.39, 0.29) is 0 Å². The summed E-state index contributed by atoms with van der Waals surface area (Å²) in [6, 6.07) is -1.26. The molecule has 6 heteroatoms. The van der Waals surface area contributed by atoms with Crippen LogP contribution >= 0.6 is 23.6 Å². The van der Waals surface area contributed by atoms with Gasteiger partial charge in [0.2, 0.25) is 0 Å². The number of urea groups is 1. The maximum absolute atomic E-state index is 11.2. The molecule has 0 N–H and O–H groups in total. The molecule has 1 unspecified atom stereocenters. The molecule has 0 aromatic heterocycles. The predicted octanol–water partition coefficient (Wildman–Crippen LogP) is 1.73. The molecule has 1 fully saturated rings. The van der Waals surface area contributed by atoms with Crippen LogP contribution in [-0.2, 0) is 4.79 Å². The van der Waals surface area contributed by atoms with Crippen molar-refractivity contribution in [2.45, 2.75) is 25.8 Å². The Bertz CT molecular complexity index is 222. The number of rotatable bonds is 2. The van der Waals surface area contributed by atoms with Crippen LogP contribution in [-0.4, -0.2) is 26.8 Å². The number of hydrogen-bond donors (Lipinski definition) is 0. The summed E-state index contributed by atoms with van der Waals surface area (Å²) in [5, 5.41) is 0. The molecular weight excluding hydrogens is 203 g/mol. The van der Waals surface area contributed by atoms with Crippen molar-refractivity contribution >= 4 is 35.5 Å². The fourth-order valence-corrected chi connectivity index (χ4v) is 1.54. The maximum Gasteiger partial charge on any atom is 0.357 e. The lowest BCUT2D eigenvalue weighted by atomic mass is 10.2. The molecule has 1 atom stereocenters. The second-order valence-electron chi connectivity index (χ2n) is 2.52. The Hall–Kier alpha value is -0.480. The molecule has 1 saturated heterocycles. The zero-order valence-electron chi connectivity index (χ0n) is 6.46. The summed E-state index contributed by atoms with van der Waals surface area (Å²) in [6.07, 6.45) is 1.31. The third kappa shape index (κ3) is 1.36. The van der Waals surface area contributed by atoms with Crippen LogP contribution in [0.3, 0.4) is 0 Å². The summed E-state index contributed by atoms with van der Waals surface area (Å²) >= 11 is 10.9. The van der Waals surface area contributed by atoms with Gasteiger partial charge in [-0.2, -0.15) is 4.42 Å². The molecule has 1 heterocycles. The van der Waals surface area contributed by atoms with Crippen LogP contribution in [0.1, 0.15) is 19.8 Å². The van der Waals surface area contributed by atoms with Crippen LogP contribution in [0.2, 0.25) is 0 Å². The number of carbonyl (C=O) groups is 2. The highest BCUT2D eigenvalue weighted by Crippen LogP contribution is 2.24. The number of imide groups is 1. The summed E-state index contributed by atoms with van der Waals surface area (Å²) in [4.78, 5) is 22.1. The summed E-state index contributed by atoms with van der Waals surface area (Å²) in [7, 11) is 0. The zero-order chi connectivity index (χ0) is 9.30. The molecule has 68 valence electrons. The predicted molar refractivity (Wildman–Crippen MR) is 44.5 cm³/mol. The fraction of sp³-hybridized carbons (Fsp3) is 0.667. The normalized spacial score (nSPS) is 24.1. The van der Waals surface area contributed by atoms with Crippen LogP contribution < -0.4 is 0 Å². The van der Waals surface area contributed by atoms with Gasteiger partial charge in [0, 0.05) is 23.6 Å². The maximum atomic E-state index is 11.2. The lowest BCUT2D eigenvalue weighted by Crippen LogP contribution is -2.26. The van der Waals surface area contributed by atoms with Gasteiger partial charge in [0.1, 0.15) is 6.04 Å². The van der Waals surface area contributed by atoms with Gasteiger partial charge in [-0.1, -0.05) is 13.3 Å². The molecule has 0 aromatic carbocycles. The Labute approximate surface area is 80.2 Å². The minimum absolute atomic E-state index is 0.446. The summed E-state index contributed by atoms with van der Waals surface area (Å²) < 4.78 is 1.37. The smallest absolute Gasteiger partial charge is 0.271 e. The van der Waals surface area contributed by atoms with E-state index in [4.69, 9.17) is 23.6 Å². The Balaban J connectivity index is 2.76. The van der Waals surface area contributed by atoms with Crippen molar-refractivity contribution in [2.75, 3.05) is 0 Å². The molecule has 0 saturated carbocycles. The van der Waals surface area contributed by atoms with Gasteiger partial charge >= 0.3 is 6.03 Å². The SMILES string of the molecule is CCCC1C(=O)N(Cl)C(=O)N1Cl. The van der Waals surface area contributed by atoms with Gasteiger partial charge in [-0.05, 0) is 6.42 Å². The second kappa shape index (κ2) is 3.49. The zero-order valence-corrected chi connectivity index (χ0v) is 7.97. The van der Waals surface area contributed by atoms with Gasteiger partial charge < -0.3 is 0 Å². The highest BCUT2D eigenvalue weighted by Gasteiger charge is 2.43. The van der Waals surface area contributed by atoms with E-state index in [1.165, 1.54) is 0 Å². The lowest BCUT2D eigenvalue weighted by Gasteiger charge is -2.10. The van der Waals surface area contributed by atoms with Crippen LogP contribution in [0.25, 0.3) is 0 Å². The molecule has 4 nitrogen and oxygen atoms in total. The molecule has 0 spiro atoms. The average Bonchev–Trinajstić information content (AvgIpc) is 2.23. The molecular formula is C6H8Cl2N2O2. The van der Waals surface area contributed by atoms with Crippen molar-refractivity contribution in [1.29, 1.82) is 0 Å². The van der Waals surface area contributed by atoms with Gasteiger partial charge in [0.05, 0.1) is 0 Å². The van der Waals surface area contributed by atoms with E-state index < -0.39 is 18.0 Å². The number of nitrogens with zero attached hydrogens (tertiary/aromatic N) is 2. The molecule has 12 heavy (non-hydrogen) atoms. The molecule has 0 bridgehead atoms. The van der Waals surface area contributed by atoms with Crippen molar-refractivity contribution < 1.29 is 9.59 Å². The van der Waals surface area contributed by atoms with Gasteiger partial charge in [0.15, 0.2) is 0 Å². The highest BCUT2D eigenvalue weighted by molar-refractivity contribution is 6.38. The van der Waals surface area contributed by atoms with Gasteiger partial charge in [-0.15, -0.1) is 0 Å². The molecule has 0 radical (unpaired) electrons. The molecule has 1 rings (SSSR count). The first-order chi connectivity index (χ1) is 5.59. The van der Waals surface area contributed by atoms with Crippen LogP contribution in [0.15, 0.2) is 0 Å². The summed E-state index contributed by atoms with van der Waals surface area (Å²) in [5.74, 6) is -0.446. The van der Waals surface area contributed by atoms with Gasteiger partial charge in [-0.3, -0.25) is 4.79 Å². The average molecular weight is 211 g/mol. The molecule has 0 aromatic rings. The third-order valence-corrected chi connectivity index (χ3v) is 2.36. The third-order valence-electron chi connectivity index (χ3n) is 1.66. The Morgan fingerprint density at radius 1 is 1.42 bits per heavy atom. The van der Waals surface area contributed by atoms with Crippen molar-refractivity contribution in [2.24, 2.45) is 0 Å². The van der Waals surface area contributed by atoms with Crippen LogP contribution in [0.4, 0.5) is 4.79 Å². The Morgan fingerprint density at radius 2 is 2.00 bits per heavy atom. The van der Waals surface area contributed by atoms with E-state index in [0.29, 0.717) is 10.8 Å². The minimum atomic E-state index is -0.665. The van der Waals surface area contributed by atoms with Crippen LogP contribution in [0.5, 0.6) is 0 Å². The van der Waals surface area contributed by atoms with Crippen molar-refractivity contribution in [3.05, 3.63) is 0 Å². The lowest BCUT2D eigenvalue weighted by molar-refractivity contribution is -0.124. The first-order valence-electron chi connectivity index (χ1n) is 3.58. The van der Waals surface area contributed by atoms with Crippen molar-refractivity contribution in [3.8, 4) is 0 Å².